The molecule has 0 bridgehead atoms. The van der Waals surface area contributed by atoms with Crippen LogP contribution in [-0.2, 0) is 4.74 Å². The average molecular weight is 384 g/mol. The molecule has 1 fully saturated rings. The molecule has 5 nitrogen and oxygen atoms in total. The van der Waals surface area contributed by atoms with Crippen molar-refractivity contribution in [3.63, 3.8) is 0 Å². The minimum Gasteiger partial charge on any atom is -0.425 e. The maximum absolute atomic E-state index is 12.7. The number of ether oxygens (including phenoxy) is 1. The maximum atomic E-state index is 12.7. The van der Waals surface area contributed by atoms with Gasteiger partial charge in [0.05, 0.1) is 18.6 Å². The number of rotatable bonds is 3. The van der Waals surface area contributed by atoms with E-state index in [0.717, 1.165) is 22.3 Å². The number of fused-ring (bicyclic) bond motifs is 1. The van der Waals surface area contributed by atoms with E-state index in [0.29, 0.717) is 43.3 Å². The van der Waals surface area contributed by atoms with Crippen LogP contribution in [0.15, 0.2) is 82.0 Å². The predicted octanol–water partition coefficient (Wildman–Crippen LogP) is 4.36. The van der Waals surface area contributed by atoms with Gasteiger partial charge in [-0.05, 0) is 40.5 Å². The number of hydrogen-bond donors (Lipinski definition) is 0. The van der Waals surface area contributed by atoms with E-state index >= 15 is 0 Å². The van der Waals surface area contributed by atoms with Crippen LogP contribution < -0.4 is 10.5 Å². The Morgan fingerprint density at radius 1 is 0.759 bits per heavy atom. The van der Waals surface area contributed by atoms with Crippen molar-refractivity contribution in [1.29, 1.82) is 0 Å². The number of aromatic nitrogens is 1. The number of nitrogens with zero attached hydrogens (tertiary/aromatic N) is 2. The first-order valence-corrected chi connectivity index (χ1v) is 9.71. The summed E-state index contributed by atoms with van der Waals surface area (Å²) in [5.74, 6) is 0. The molecule has 5 rings (SSSR count). The lowest BCUT2D eigenvalue weighted by atomic mass is 9.98. The fourth-order valence-corrected chi connectivity index (χ4v) is 3.63. The van der Waals surface area contributed by atoms with Crippen LogP contribution in [0.5, 0.6) is 0 Å². The lowest BCUT2D eigenvalue weighted by Gasteiger charge is -2.25. The summed E-state index contributed by atoms with van der Waals surface area (Å²) < 4.78 is 11.3. The topological polar surface area (TPSA) is 55.6 Å². The van der Waals surface area contributed by atoms with Crippen molar-refractivity contribution in [3.8, 4) is 22.3 Å². The summed E-state index contributed by atoms with van der Waals surface area (Å²) in [5, 5.41) is 0.490. The van der Waals surface area contributed by atoms with E-state index in [2.05, 4.69) is 29.2 Å². The van der Waals surface area contributed by atoms with E-state index < -0.39 is 0 Å². The Hall–Kier alpha value is -3.44. The Labute approximate surface area is 168 Å². The molecule has 29 heavy (non-hydrogen) atoms. The van der Waals surface area contributed by atoms with Gasteiger partial charge in [0.25, 0.3) is 5.56 Å². The lowest BCUT2D eigenvalue weighted by molar-refractivity contribution is 0.120. The van der Waals surface area contributed by atoms with Crippen LogP contribution >= 0.6 is 0 Å². The normalized spacial score (nSPS) is 14.3. The summed E-state index contributed by atoms with van der Waals surface area (Å²) in [6.45, 7) is 2.57. The molecule has 0 amide bonds. The Morgan fingerprint density at radius 2 is 1.45 bits per heavy atom. The molecule has 1 aromatic heterocycles. The first-order valence-electron chi connectivity index (χ1n) is 9.71. The summed E-state index contributed by atoms with van der Waals surface area (Å²) in [7, 11) is 0. The molecule has 0 radical (unpaired) electrons. The first kappa shape index (κ1) is 17.6. The van der Waals surface area contributed by atoms with Crippen LogP contribution in [0.25, 0.3) is 33.2 Å². The lowest BCUT2D eigenvalue weighted by Crippen LogP contribution is -2.37. The second-order valence-corrected chi connectivity index (χ2v) is 7.06. The summed E-state index contributed by atoms with van der Waals surface area (Å²) in [6.07, 6.45) is 0. The number of benzene rings is 3. The molecule has 0 saturated carbocycles. The highest BCUT2D eigenvalue weighted by Crippen LogP contribution is 2.28. The molecular formula is C24H20N2O3. The summed E-state index contributed by atoms with van der Waals surface area (Å²) in [6, 6.07) is 24.6. The fourth-order valence-electron chi connectivity index (χ4n) is 3.63. The molecule has 0 unspecified atom stereocenters. The van der Waals surface area contributed by atoms with Crippen LogP contribution in [0.3, 0.4) is 0 Å². The fraction of sp³-hybridized carbons (Fsp3) is 0.167. The first-order chi connectivity index (χ1) is 14.3. The molecule has 4 aromatic rings. The Bertz CT molecular complexity index is 1210. The van der Waals surface area contributed by atoms with Gasteiger partial charge in [0, 0.05) is 13.1 Å². The van der Waals surface area contributed by atoms with Gasteiger partial charge in [-0.25, -0.2) is 0 Å². The standard InChI is InChI=1S/C24H20N2O3/c27-23-21-16-20(19-8-4-7-18(15-19)17-5-2-1-3-6-17)9-10-22(21)29-24(25-23)26-11-13-28-14-12-26/h1-10,15-16H,11-14H2. The number of morpholine rings is 1. The van der Waals surface area contributed by atoms with Gasteiger partial charge >= 0.3 is 6.01 Å². The van der Waals surface area contributed by atoms with Crippen molar-refractivity contribution in [1.82, 2.24) is 4.98 Å². The van der Waals surface area contributed by atoms with Gasteiger partial charge in [0.1, 0.15) is 5.58 Å². The SMILES string of the molecule is O=c1nc(N2CCOCC2)oc2ccc(-c3cccc(-c4ccccc4)c3)cc12. The number of anilines is 1. The predicted molar refractivity (Wildman–Crippen MR) is 114 cm³/mol. The molecule has 3 aromatic carbocycles. The molecule has 1 saturated heterocycles. The van der Waals surface area contributed by atoms with Crippen molar-refractivity contribution in [2.45, 2.75) is 0 Å². The van der Waals surface area contributed by atoms with Crippen molar-refractivity contribution >= 4 is 17.0 Å². The summed E-state index contributed by atoms with van der Waals surface area (Å²) in [5.41, 5.74) is 4.58. The quantitative estimate of drug-likeness (QED) is 0.525. The second-order valence-electron chi connectivity index (χ2n) is 7.06. The second kappa shape index (κ2) is 7.53. The van der Waals surface area contributed by atoms with Crippen molar-refractivity contribution in [3.05, 3.63) is 83.2 Å². The van der Waals surface area contributed by atoms with Gasteiger partial charge < -0.3 is 14.1 Å². The van der Waals surface area contributed by atoms with Gasteiger partial charge in [0.2, 0.25) is 0 Å². The largest absolute Gasteiger partial charge is 0.425 e. The molecular weight excluding hydrogens is 364 g/mol. The van der Waals surface area contributed by atoms with Gasteiger partial charge in [-0.3, -0.25) is 4.79 Å². The average Bonchev–Trinajstić information content (AvgIpc) is 2.80. The smallest absolute Gasteiger partial charge is 0.301 e. The van der Waals surface area contributed by atoms with Gasteiger partial charge in [-0.2, -0.15) is 4.98 Å². The van der Waals surface area contributed by atoms with Crippen LogP contribution in [0.2, 0.25) is 0 Å². The van der Waals surface area contributed by atoms with Crippen LogP contribution in [0.4, 0.5) is 6.01 Å². The monoisotopic (exact) mass is 384 g/mol. The summed E-state index contributed by atoms with van der Waals surface area (Å²) >= 11 is 0. The van der Waals surface area contributed by atoms with E-state index in [1.54, 1.807) is 0 Å². The van der Waals surface area contributed by atoms with E-state index in [1.807, 2.05) is 53.4 Å². The van der Waals surface area contributed by atoms with E-state index in [9.17, 15) is 4.79 Å². The minimum atomic E-state index is -0.270. The van der Waals surface area contributed by atoms with E-state index in [1.165, 1.54) is 0 Å². The third kappa shape index (κ3) is 3.52. The third-order valence-electron chi connectivity index (χ3n) is 5.19. The Morgan fingerprint density at radius 3 is 2.24 bits per heavy atom. The Balaban J connectivity index is 1.54. The van der Waals surface area contributed by atoms with Crippen molar-refractivity contribution in [2.24, 2.45) is 0 Å². The molecule has 0 spiro atoms. The highest BCUT2D eigenvalue weighted by molar-refractivity contribution is 5.84. The molecule has 2 heterocycles. The molecule has 0 N–H and O–H groups in total. The van der Waals surface area contributed by atoms with Crippen LogP contribution in [0.1, 0.15) is 0 Å². The molecule has 0 atom stereocenters. The highest BCUT2D eigenvalue weighted by atomic mass is 16.5. The number of hydrogen-bond acceptors (Lipinski definition) is 5. The minimum absolute atomic E-state index is 0.270. The zero-order valence-corrected chi connectivity index (χ0v) is 15.9. The molecule has 1 aliphatic heterocycles. The van der Waals surface area contributed by atoms with E-state index in [-0.39, 0.29) is 5.56 Å². The van der Waals surface area contributed by atoms with Crippen LogP contribution in [-0.4, -0.2) is 31.3 Å². The zero-order chi connectivity index (χ0) is 19.6. The molecule has 0 aliphatic carbocycles. The van der Waals surface area contributed by atoms with Gasteiger partial charge in [0.15, 0.2) is 0 Å². The van der Waals surface area contributed by atoms with Crippen molar-refractivity contribution < 1.29 is 9.15 Å². The third-order valence-corrected chi connectivity index (χ3v) is 5.19. The maximum Gasteiger partial charge on any atom is 0.301 e. The molecule has 1 aliphatic rings. The molecule has 144 valence electrons. The van der Waals surface area contributed by atoms with Gasteiger partial charge in [-0.15, -0.1) is 0 Å². The van der Waals surface area contributed by atoms with E-state index in [4.69, 9.17) is 9.15 Å². The zero-order valence-electron chi connectivity index (χ0n) is 15.9. The summed E-state index contributed by atoms with van der Waals surface area (Å²) in [4.78, 5) is 18.8. The Kier molecular flexibility index (Phi) is 4.58. The van der Waals surface area contributed by atoms with Crippen molar-refractivity contribution in [2.75, 3.05) is 31.2 Å². The highest BCUT2D eigenvalue weighted by Gasteiger charge is 2.17. The van der Waals surface area contributed by atoms with Crippen LogP contribution in [0, 0.1) is 0 Å². The molecule has 5 heteroatoms. The van der Waals surface area contributed by atoms with Gasteiger partial charge in [-0.1, -0.05) is 54.6 Å².